The predicted molar refractivity (Wildman–Crippen MR) is 125 cm³/mol. The summed E-state index contributed by atoms with van der Waals surface area (Å²) in [7, 11) is 2.11. The van der Waals surface area contributed by atoms with Gasteiger partial charge in [0.15, 0.2) is 33.8 Å². The molecule has 0 amide bonds. The number of rotatable bonds is 4. The Morgan fingerprint density at radius 2 is 1.83 bits per heavy atom. The second kappa shape index (κ2) is 7.46. The maximum Gasteiger partial charge on any atom is 0.208 e. The first kappa shape index (κ1) is 21.0. The first-order valence-corrected chi connectivity index (χ1v) is 11.6. The van der Waals surface area contributed by atoms with Gasteiger partial charge in [-0.25, -0.2) is 0 Å². The Morgan fingerprint density at radius 1 is 1.14 bits per heavy atom. The minimum Gasteiger partial charge on any atom is -0.427 e. The first-order chi connectivity index (χ1) is 13.6. The number of nitrogens with one attached hydrogen (secondary N) is 1. The van der Waals surface area contributed by atoms with Crippen LogP contribution in [-0.4, -0.2) is 40.1 Å². The van der Waals surface area contributed by atoms with Crippen LogP contribution >= 0.6 is 34.3 Å². The number of anilines is 1. The second-order valence-corrected chi connectivity index (χ2v) is 10.9. The number of carbonyl (C=O) groups excluding carboxylic acids is 1. The van der Waals surface area contributed by atoms with Gasteiger partial charge in [0.2, 0.25) is 5.13 Å². The molecule has 156 valence electrons. The van der Waals surface area contributed by atoms with Gasteiger partial charge < -0.3 is 13.3 Å². The van der Waals surface area contributed by atoms with Crippen LogP contribution in [0, 0.1) is 0 Å². The number of piperidine rings is 1. The normalized spacial score (nSPS) is 20.6. The molecule has 2 aromatic rings. The minimum absolute atomic E-state index is 0.0724. The number of halogens is 1. The van der Waals surface area contributed by atoms with Crippen LogP contribution in [0.4, 0.5) is 5.13 Å². The molecule has 0 bridgehead atoms. The van der Waals surface area contributed by atoms with Gasteiger partial charge in [-0.1, -0.05) is 11.3 Å². The molecule has 1 aliphatic carbocycles. The van der Waals surface area contributed by atoms with Crippen molar-refractivity contribution >= 4 is 45.3 Å². The number of nitrogens with zero attached hydrogens (tertiary/aromatic N) is 3. The molecule has 1 aromatic heterocycles. The fourth-order valence-electron chi connectivity index (χ4n) is 4.87. The fraction of sp³-hybridized carbons (Fsp3) is 0.571. The Labute approximate surface area is 190 Å². The van der Waals surface area contributed by atoms with Crippen molar-refractivity contribution in [2.45, 2.75) is 70.5 Å². The minimum atomic E-state index is 0.0724. The van der Waals surface area contributed by atoms with Gasteiger partial charge in [0.1, 0.15) is 5.75 Å². The van der Waals surface area contributed by atoms with Crippen LogP contribution in [0.5, 0.6) is 5.75 Å². The van der Waals surface area contributed by atoms with Gasteiger partial charge in [-0.05, 0) is 64.7 Å². The topological polar surface area (TPSA) is 67.3 Å². The molecule has 0 unspecified atom stereocenters. The molecule has 4 rings (SSSR count). The fourth-order valence-corrected chi connectivity index (χ4v) is 6.13. The van der Waals surface area contributed by atoms with E-state index in [2.05, 4.69) is 61.2 Å². The standard InChI is InChI=1S/C21H27IN4O2S/c1-20(2)10-13(11-21(3,4)25-20)26(5)19-24-23-18(29-19)15-8-12-6-7-16(27)14(12)9-17(15)28-22/h8-9,13,25H,6-7,10-11H2,1-5H3. The Bertz CT molecular complexity index is 940. The Balaban J connectivity index is 1.63. The molecule has 1 aromatic carbocycles. The lowest BCUT2D eigenvalue weighted by molar-refractivity contribution is 0.0994. The third-order valence-electron chi connectivity index (χ3n) is 5.87. The highest BCUT2D eigenvalue weighted by atomic mass is 127. The largest absolute Gasteiger partial charge is 0.427 e. The van der Waals surface area contributed by atoms with E-state index in [0.29, 0.717) is 18.2 Å². The Hall–Kier alpha value is -1.26. The van der Waals surface area contributed by atoms with Crippen molar-refractivity contribution in [2.24, 2.45) is 0 Å². The maximum atomic E-state index is 12.1. The number of Topliss-reactive ketones (excluding diaryl/α,β-unsaturated/α-hetero) is 1. The number of ketones is 1. The predicted octanol–water partition coefficient (Wildman–Crippen LogP) is 4.81. The molecule has 2 aliphatic rings. The van der Waals surface area contributed by atoms with E-state index in [4.69, 9.17) is 3.07 Å². The number of aryl methyl sites for hydroxylation is 1. The lowest BCUT2D eigenvalue weighted by atomic mass is 9.79. The number of fused-ring (bicyclic) bond motifs is 1. The molecular weight excluding hydrogens is 499 g/mol. The van der Waals surface area contributed by atoms with Crippen molar-refractivity contribution in [3.8, 4) is 16.3 Å². The zero-order valence-corrected chi connectivity index (χ0v) is 20.5. The molecule has 1 saturated heterocycles. The highest BCUT2D eigenvalue weighted by Crippen LogP contribution is 2.41. The summed E-state index contributed by atoms with van der Waals surface area (Å²) in [4.78, 5) is 14.3. The summed E-state index contributed by atoms with van der Waals surface area (Å²) < 4.78 is 5.55. The summed E-state index contributed by atoms with van der Waals surface area (Å²) in [5.74, 6) is 0.865. The summed E-state index contributed by atoms with van der Waals surface area (Å²) in [5, 5.41) is 14.4. The summed E-state index contributed by atoms with van der Waals surface area (Å²) in [5.41, 5.74) is 2.91. The second-order valence-electron chi connectivity index (χ2n) is 9.46. The van der Waals surface area contributed by atoms with Gasteiger partial charge >= 0.3 is 0 Å². The molecule has 0 spiro atoms. The van der Waals surface area contributed by atoms with E-state index in [1.54, 1.807) is 11.3 Å². The van der Waals surface area contributed by atoms with E-state index in [1.807, 2.05) is 29.1 Å². The number of benzene rings is 1. The zero-order chi connectivity index (χ0) is 21.0. The average molecular weight is 526 g/mol. The van der Waals surface area contributed by atoms with Gasteiger partial charge in [-0.2, -0.15) is 0 Å². The van der Waals surface area contributed by atoms with Gasteiger partial charge in [-0.3, -0.25) is 4.79 Å². The van der Waals surface area contributed by atoms with Crippen molar-refractivity contribution in [3.05, 3.63) is 23.3 Å². The van der Waals surface area contributed by atoms with E-state index in [-0.39, 0.29) is 16.9 Å². The number of hydrogen-bond donors (Lipinski definition) is 1. The third kappa shape index (κ3) is 4.16. The van der Waals surface area contributed by atoms with Crippen LogP contribution in [-0.2, 0) is 6.42 Å². The van der Waals surface area contributed by atoms with Crippen molar-refractivity contribution in [1.29, 1.82) is 0 Å². The molecular formula is C21H27IN4O2S. The smallest absolute Gasteiger partial charge is 0.208 e. The summed E-state index contributed by atoms with van der Waals surface area (Å²) in [6.45, 7) is 9.04. The zero-order valence-electron chi connectivity index (χ0n) is 17.5. The lowest BCUT2D eigenvalue weighted by Gasteiger charge is -2.48. The van der Waals surface area contributed by atoms with Crippen LogP contribution in [0.3, 0.4) is 0 Å². The quantitative estimate of drug-likeness (QED) is 0.577. The van der Waals surface area contributed by atoms with Gasteiger partial charge in [0.25, 0.3) is 0 Å². The SMILES string of the molecule is CN(c1nnc(-c2cc3c(cc2OI)C(=O)CC3)s1)C1CC(C)(C)NC(C)(C)C1. The van der Waals surface area contributed by atoms with Crippen LogP contribution < -0.4 is 13.3 Å². The molecule has 29 heavy (non-hydrogen) atoms. The average Bonchev–Trinajstić information content (AvgIpc) is 3.24. The Morgan fingerprint density at radius 3 is 2.48 bits per heavy atom. The monoisotopic (exact) mass is 526 g/mol. The number of carbonyl (C=O) groups is 1. The molecule has 0 radical (unpaired) electrons. The van der Waals surface area contributed by atoms with E-state index >= 15 is 0 Å². The molecule has 8 heteroatoms. The molecule has 0 saturated carbocycles. The molecule has 1 fully saturated rings. The van der Waals surface area contributed by atoms with Gasteiger partial charge in [0.05, 0.1) is 5.56 Å². The third-order valence-corrected chi connectivity index (χ3v) is 7.39. The van der Waals surface area contributed by atoms with Crippen molar-refractivity contribution < 1.29 is 7.86 Å². The van der Waals surface area contributed by atoms with Crippen LogP contribution in [0.25, 0.3) is 10.6 Å². The molecule has 2 heterocycles. The summed E-state index contributed by atoms with van der Waals surface area (Å²) in [6.07, 6.45) is 3.45. The maximum absolute atomic E-state index is 12.1. The van der Waals surface area contributed by atoms with Crippen LogP contribution in [0.1, 0.15) is 62.9 Å². The molecule has 1 aliphatic heterocycles. The summed E-state index contributed by atoms with van der Waals surface area (Å²) in [6, 6.07) is 4.30. The first-order valence-electron chi connectivity index (χ1n) is 9.93. The highest BCUT2D eigenvalue weighted by molar-refractivity contribution is 14.1. The van der Waals surface area contributed by atoms with E-state index in [0.717, 1.165) is 46.1 Å². The number of aromatic nitrogens is 2. The van der Waals surface area contributed by atoms with E-state index < -0.39 is 0 Å². The number of hydrogen-bond acceptors (Lipinski definition) is 7. The van der Waals surface area contributed by atoms with Crippen LogP contribution in [0.15, 0.2) is 12.1 Å². The summed E-state index contributed by atoms with van der Waals surface area (Å²) >= 11 is 3.45. The van der Waals surface area contributed by atoms with Crippen molar-refractivity contribution in [1.82, 2.24) is 15.5 Å². The van der Waals surface area contributed by atoms with E-state index in [9.17, 15) is 4.79 Å². The van der Waals surface area contributed by atoms with E-state index in [1.165, 1.54) is 0 Å². The van der Waals surface area contributed by atoms with Gasteiger partial charge in [-0.15, -0.1) is 10.2 Å². The van der Waals surface area contributed by atoms with Crippen molar-refractivity contribution in [3.63, 3.8) is 0 Å². The molecule has 1 N–H and O–H groups in total. The molecule has 6 nitrogen and oxygen atoms in total. The lowest BCUT2D eigenvalue weighted by Crippen LogP contribution is -2.61. The van der Waals surface area contributed by atoms with Crippen molar-refractivity contribution in [2.75, 3.05) is 11.9 Å². The Kier molecular flexibility index (Phi) is 5.40. The van der Waals surface area contributed by atoms with Gasteiger partial charge in [0, 0.05) is 36.2 Å². The van der Waals surface area contributed by atoms with Crippen LogP contribution in [0.2, 0.25) is 0 Å². The highest BCUT2D eigenvalue weighted by Gasteiger charge is 2.40. The molecule has 0 atom stereocenters.